The third-order valence-electron chi connectivity index (χ3n) is 4.09. The maximum Gasteiger partial charge on any atom is 0.254 e. The minimum atomic E-state index is -0.367. The van der Waals surface area contributed by atoms with Crippen LogP contribution < -0.4 is 5.32 Å². The number of pyridine rings is 1. The molecule has 3 aromatic rings. The lowest BCUT2D eigenvalue weighted by atomic mass is 10.1. The fourth-order valence-electron chi connectivity index (χ4n) is 2.84. The van der Waals surface area contributed by atoms with E-state index in [1.54, 1.807) is 10.9 Å². The zero-order chi connectivity index (χ0) is 16.5. The lowest BCUT2D eigenvalue weighted by molar-refractivity contribution is -0.124. The average Bonchev–Trinajstić information content (AvgIpc) is 3.25. The molecule has 1 aliphatic heterocycles. The maximum atomic E-state index is 12.1. The number of carbonyl (C=O) groups excluding carboxylic acids is 1. The molecule has 1 amide bonds. The van der Waals surface area contributed by atoms with Crippen molar-refractivity contribution >= 4 is 22.5 Å². The fraction of sp³-hybridized carbons (Fsp3) is 0.294. The SMILES string of the molecule is Cn1cc(-c2ccc3cnc(NC(=O)[C@H]4CCCO4)cc3c2)nn1. The topological polar surface area (TPSA) is 81.9 Å². The van der Waals surface area contributed by atoms with Crippen molar-refractivity contribution in [2.75, 3.05) is 11.9 Å². The molecule has 0 spiro atoms. The van der Waals surface area contributed by atoms with E-state index in [1.165, 1.54) is 0 Å². The molecule has 4 rings (SSSR count). The van der Waals surface area contributed by atoms with Crippen molar-refractivity contribution in [3.05, 3.63) is 36.7 Å². The van der Waals surface area contributed by atoms with Gasteiger partial charge in [-0.05, 0) is 30.4 Å². The Hall–Kier alpha value is -2.80. The van der Waals surface area contributed by atoms with E-state index in [1.807, 2.05) is 37.5 Å². The molecule has 122 valence electrons. The van der Waals surface area contributed by atoms with Crippen molar-refractivity contribution in [3.63, 3.8) is 0 Å². The van der Waals surface area contributed by atoms with Gasteiger partial charge in [0, 0.05) is 30.8 Å². The number of aromatic nitrogens is 4. The van der Waals surface area contributed by atoms with Gasteiger partial charge >= 0.3 is 0 Å². The van der Waals surface area contributed by atoms with Gasteiger partial charge in [0.1, 0.15) is 17.6 Å². The summed E-state index contributed by atoms with van der Waals surface area (Å²) in [5, 5.41) is 12.9. The van der Waals surface area contributed by atoms with Crippen LogP contribution >= 0.6 is 0 Å². The van der Waals surface area contributed by atoms with E-state index in [0.717, 1.165) is 34.9 Å². The molecule has 3 heterocycles. The maximum absolute atomic E-state index is 12.1. The molecule has 1 saturated heterocycles. The number of ether oxygens (including phenoxy) is 1. The number of rotatable bonds is 3. The van der Waals surface area contributed by atoms with Gasteiger partial charge in [-0.15, -0.1) is 5.10 Å². The zero-order valence-corrected chi connectivity index (χ0v) is 13.3. The quantitative estimate of drug-likeness (QED) is 0.798. The number of anilines is 1. The molecule has 1 atom stereocenters. The van der Waals surface area contributed by atoms with Crippen LogP contribution in [0.5, 0.6) is 0 Å². The van der Waals surface area contributed by atoms with Gasteiger partial charge in [0.05, 0.1) is 6.20 Å². The fourth-order valence-corrected chi connectivity index (χ4v) is 2.84. The van der Waals surface area contributed by atoms with Crippen molar-refractivity contribution in [1.29, 1.82) is 0 Å². The van der Waals surface area contributed by atoms with Gasteiger partial charge in [-0.25, -0.2) is 4.98 Å². The van der Waals surface area contributed by atoms with E-state index in [4.69, 9.17) is 4.74 Å². The number of hydrogen-bond acceptors (Lipinski definition) is 5. The summed E-state index contributed by atoms with van der Waals surface area (Å²) in [6.07, 6.45) is 4.93. The van der Waals surface area contributed by atoms with Crippen molar-refractivity contribution in [1.82, 2.24) is 20.0 Å². The lowest BCUT2D eigenvalue weighted by Gasteiger charge is -2.10. The second-order valence-electron chi connectivity index (χ2n) is 5.90. The van der Waals surface area contributed by atoms with Crippen LogP contribution in [0.25, 0.3) is 22.0 Å². The Morgan fingerprint density at radius 2 is 2.25 bits per heavy atom. The molecule has 1 aromatic carbocycles. The highest BCUT2D eigenvalue weighted by molar-refractivity contribution is 5.96. The molecule has 0 bridgehead atoms. The Kier molecular flexibility index (Phi) is 3.70. The lowest BCUT2D eigenvalue weighted by Crippen LogP contribution is -2.27. The molecule has 1 fully saturated rings. The van der Waals surface area contributed by atoms with Gasteiger partial charge in [0.15, 0.2) is 0 Å². The van der Waals surface area contributed by atoms with Crippen molar-refractivity contribution in [3.8, 4) is 11.3 Å². The predicted molar refractivity (Wildman–Crippen MR) is 89.3 cm³/mol. The molecule has 0 radical (unpaired) electrons. The van der Waals surface area contributed by atoms with Crippen LogP contribution in [-0.2, 0) is 16.6 Å². The second kappa shape index (κ2) is 6.01. The van der Waals surface area contributed by atoms with Crippen LogP contribution in [0, 0.1) is 0 Å². The highest BCUT2D eigenvalue weighted by atomic mass is 16.5. The van der Waals surface area contributed by atoms with Crippen LogP contribution in [-0.4, -0.2) is 38.6 Å². The normalized spacial score (nSPS) is 17.3. The first-order chi connectivity index (χ1) is 11.7. The summed E-state index contributed by atoms with van der Waals surface area (Å²) in [7, 11) is 1.83. The molecule has 1 aliphatic rings. The Labute approximate surface area is 138 Å². The summed E-state index contributed by atoms with van der Waals surface area (Å²) >= 11 is 0. The van der Waals surface area contributed by atoms with E-state index in [-0.39, 0.29) is 12.0 Å². The van der Waals surface area contributed by atoms with E-state index >= 15 is 0 Å². The highest BCUT2D eigenvalue weighted by Gasteiger charge is 2.23. The third kappa shape index (κ3) is 2.85. The van der Waals surface area contributed by atoms with E-state index < -0.39 is 0 Å². The number of benzene rings is 1. The number of amides is 1. The number of hydrogen-bond donors (Lipinski definition) is 1. The first-order valence-electron chi connectivity index (χ1n) is 7.88. The summed E-state index contributed by atoms with van der Waals surface area (Å²) in [4.78, 5) is 16.5. The minimum Gasteiger partial charge on any atom is -0.368 e. The Bertz CT molecular complexity index is 899. The second-order valence-corrected chi connectivity index (χ2v) is 5.90. The molecule has 0 saturated carbocycles. The molecular weight excluding hydrogens is 306 g/mol. The summed E-state index contributed by atoms with van der Waals surface area (Å²) in [5.74, 6) is 0.392. The summed E-state index contributed by atoms with van der Waals surface area (Å²) in [6, 6.07) is 7.85. The highest BCUT2D eigenvalue weighted by Crippen LogP contribution is 2.24. The van der Waals surface area contributed by atoms with E-state index in [9.17, 15) is 4.79 Å². The number of nitrogens with one attached hydrogen (secondary N) is 1. The molecule has 24 heavy (non-hydrogen) atoms. The number of carbonyl (C=O) groups is 1. The molecular formula is C17H17N5O2. The van der Waals surface area contributed by atoms with Crippen molar-refractivity contribution in [2.45, 2.75) is 18.9 Å². The van der Waals surface area contributed by atoms with Crippen LogP contribution in [0.15, 0.2) is 36.7 Å². The molecule has 2 aromatic heterocycles. The standard InChI is InChI=1S/C17H17N5O2/c1-22-10-14(20-21-22)11-4-5-12-9-18-16(8-13(12)7-11)19-17(23)15-3-2-6-24-15/h4-5,7-10,15H,2-3,6H2,1H3,(H,18,19,23)/t15-/m1/s1. The van der Waals surface area contributed by atoms with Crippen LogP contribution in [0.1, 0.15) is 12.8 Å². The van der Waals surface area contributed by atoms with Gasteiger partial charge in [0.2, 0.25) is 0 Å². The van der Waals surface area contributed by atoms with Crippen molar-refractivity contribution < 1.29 is 9.53 Å². The smallest absolute Gasteiger partial charge is 0.254 e. The zero-order valence-electron chi connectivity index (χ0n) is 13.3. The first kappa shape index (κ1) is 14.8. The van der Waals surface area contributed by atoms with E-state index in [2.05, 4.69) is 20.6 Å². The van der Waals surface area contributed by atoms with Gasteiger partial charge in [-0.1, -0.05) is 17.3 Å². The Morgan fingerprint density at radius 3 is 3.00 bits per heavy atom. The third-order valence-corrected chi connectivity index (χ3v) is 4.09. The van der Waals surface area contributed by atoms with Gasteiger partial charge in [-0.3, -0.25) is 9.48 Å². The van der Waals surface area contributed by atoms with Crippen LogP contribution in [0.3, 0.4) is 0 Å². The molecule has 1 N–H and O–H groups in total. The Morgan fingerprint density at radius 1 is 1.33 bits per heavy atom. The van der Waals surface area contributed by atoms with E-state index in [0.29, 0.717) is 12.4 Å². The summed E-state index contributed by atoms with van der Waals surface area (Å²) in [6.45, 7) is 0.644. The van der Waals surface area contributed by atoms with Crippen LogP contribution in [0.2, 0.25) is 0 Å². The Balaban J connectivity index is 1.62. The summed E-state index contributed by atoms with van der Waals surface area (Å²) < 4.78 is 7.06. The molecule has 0 aliphatic carbocycles. The van der Waals surface area contributed by atoms with Gasteiger partial charge in [-0.2, -0.15) is 0 Å². The van der Waals surface area contributed by atoms with Crippen molar-refractivity contribution in [2.24, 2.45) is 7.05 Å². The monoisotopic (exact) mass is 323 g/mol. The summed E-state index contributed by atoms with van der Waals surface area (Å²) in [5.41, 5.74) is 1.78. The first-order valence-corrected chi connectivity index (χ1v) is 7.88. The average molecular weight is 323 g/mol. The number of aryl methyl sites for hydroxylation is 1. The molecule has 0 unspecified atom stereocenters. The number of fused-ring (bicyclic) bond motifs is 1. The number of nitrogens with zero attached hydrogens (tertiary/aromatic N) is 4. The molecule has 7 heteroatoms. The predicted octanol–water partition coefficient (Wildman–Crippen LogP) is 2.15. The minimum absolute atomic E-state index is 0.135. The van der Waals surface area contributed by atoms with Gasteiger partial charge < -0.3 is 10.1 Å². The van der Waals surface area contributed by atoms with Gasteiger partial charge in [0.25, 0.3) is 5.91 Å². The molecule has 7 nitrogen and oxygen atoms in total. The largest absolute Gasteiger partial charge is 0.368 e. The van der Waals surface area contributed by atoms with Crippen LogP contribution in [0.4, 0.5) is 5.82 Å².